The van der Waals surface area contributed by atoms with Crippen LogP contribution in [0, 0.1) is 6.92 Å². The number of halogens is 1. The first-order valence-electron chi connectivity index (χ1n) is 9.63. The first kappa shape index (κ1) is 23.5. The monoisotopic (exact) mass is 485 g/mol. The van der Waals surface area contributed by atoms with Crippen LogP contribution in [-0.2, 0) is 24.7 Å². The maximum atomic E-state index is 12.6. The molecule has 1 amide bonds. The Morgan fingerprint density at radius 1 is 1.03 bits per heavy atom. The molecule has 2 aromatic carbocycles. The van der Waals surface area contributed by atoms with E-state index in [0.717, 1.165) is 19.1 Å². The molecular formula is C20H24ClN3O5S2. The molecule has 2 aromatic rings. The van der Waals surface area contributed by atoms with Crippen LogP contribution in [-0.4, -0.2) is 52.9 Å². The largest absolute Gasteiger partial charge is 0.376 e. The van der Waals surface area contributed by atoms with Crippen molar-refractivity contribution in [1.82, 2.24) is 4.31 Å². The number of benzene rings is 2. The molecule has 8 nitrogen and oxygen atoms in total. The number of hydrogen-bond donors (Lipinski definition) is 2. The summed E-state index contributed by atoms with van der Waals surface area (Å²) >= 11 is 6.15. The lowest BCUT2D eigenvalue weighted by Crippen LogP contribution is -2.27. The van der Waals surface area contributed by atoms with Crippen LogP contribution in [0.5, 0.6) is 0 Å². The van der Waals surface area contributed by atoms with Crippen molar-refractivity contribution in [2.75, 3.05) is 36.5 Å². The molecule has 168 valence electrons. The van der Waals surface area contributed by atoms with Crippen LogP contribution >= 0.6 is 11.6 Å². The Morgan fingerprint density at radius 3 is 2.23 bits per heavy atom. The lowest BCUT2D eigenvalue weighted by molar-refractivity contribution is -0.114. The Bertz CT molecular complexity index is 1190. The second-order valence-electron chi connectivity index (χ2n) is 7.36. The van der Waals surface area contributed by atoms with E-state index in [0.29, 0.717) is 30.0 Å². The summed E-state index contributed by atoms with van der Waals surface area (Å²) in [7, 11) is -6.95. The summed E-state index contributed by atoms with van der Waals surface area (Å²) in [6.45, 7) is 2.64. The Labute approximate surface area is 187 Å². The first-order valence-corrected chi connectivity index (χ1v) is 13.3. The zero-order valence-corrected chi connectivity index (χ0v) is 19.6. The topological polar surface area (TPSA) is 113 Å². The molecule has 1 aliphatic rings. The van der Waals surface area contributed by atoms with Gasteiger partial charge in [0.15, 0.2) is 9.84 Å². The predicted octanol–water partition coefficient (Wildman–Crippen LogP) is 2.89. The van der Waals surface area contributed by atoms with E-state index in [4.69, 9.17) is 11.6 Å². The molecule has 3 rings (SSSR count). The second-order valence-corrected chi connectivity index (χ2v) is 11.7. The molecule has 1 saturated heterocycles. The number of amides is 1. The molecule has 0 aromatic heterocycles. The highest BCUT2D eigenvalue weighted by atomic mass is 35.5. The minimum Gasteiger partial charge on any atom is -0.376 e. The smallest absolute Gasteiger partial charge is 0.243 e. The van der Waals surface area contributed by atoms with Gasteiger partial charge in [-0.05, 0) is 61.7 Å². The molecule has 1 heterocycles. The Hall–Kier alpha value is -2.14. The number of hydrogen-bond acceptors (Lipinski definition) is 6. The van der Waals surface area contributed by atoms with E-state index in [-0.39, 0.29) is 27.3 Å². The van der Waals surface area contributed by atoms with Gasteiger partial charge in [-0.3, -0.25) is 4.79 Å². The third-order valence-corrected chi connectivity index (χ3v) is 8.68. The van der Waals surface area contributed by atoms with Gasteiger partial charge in [-0.2, -0.15) is 4.31 Å². The summed E-state index contributed by atoms with van der Waals surface area (Å²) in [5.41, 5.74) is 1.53. The minimum atomic E-state index is -3.50. The molecule has 0 spiro atoms. The molecule has 11 heteroatoms. The average molecular weight is 486 g/mol. The lowest BCUT2D eigenvalue weighted by atomic mass is 10.2. The molecule has 0 bridgehead atoms. The SMILES string of the molecule is Cc1c(NCC(=O)Nc2ccc(S(=O)(=O)N3CCCC3)cc2)ccc(S(C)(=O)=O)c1Cl. The van der Waals surface area contributed by atoms with Gasteiger partial charge in [0, 0.05) is 30.7 Å². The van der Waals surface area contributed by atoms with Crippen LogP contribution < -0.4 is 10.6 Å². The van der Waals surface area contributed by atoms with Crippen LogP contribution in [0.25, 0.3) is 0 Å². The van der Waals surface area contributed by atoms with E-state index in [9.17, 15) is 21.6 Å². The highest BCUT2D eigenvalue weighted by Gasteiger charge is 2.27. The maximum absolute atomic E-state index is 12.6. The van der Waals surface area contributed by atoms with E-state index in [1.807, 2.05) is 0 Å². The van der Waals surface area contributed by atoms with Crippen molar-refractivity contribution in [2.45, 2.75) is 29.6 Å². The standard InChI is InChI=1S/C20H24ClN3O5S2/c1-14-17(9-10-18(20(14)21)30(2,26)27)22-13-19(25)23-15-5-7-16(8-6-15)31(28,29)24-11-3-4-12-24/h5-10,22H,3-4,11-13H2,1-2H3,(H,23,25). The molecular weight excluding hydrogens is 462 g/mol. The van der Waals surface area contributed by atoms with Crippen molar-refractivity contribution in [3.8, 4) is 0 Å². The van der Waals surface area contributed by atoms with Gasteiger partial charge in [0.2, 0.25) is 15.9 Å². The van der Waals surface area contributed by atoms with Crippen LogP contribution in [0.1, 0.15) is 18.4 Å². The molecule has 0 saturated carbocycles. The van der Waals surface area contributed by atoms with Crippen LogP contribution in [0.15, 0.2) is 46.2 Å². The molecule has 0 radical (unpaired) electrons. The Morgan fingerprint density at radius 2 is 1.65 bits per heavy atom. The number of carbonyl (C=O) groups is 1. The molecule has 0 unspecified atom stereocenters. The van der Waals surface area contributed by atoms with Gasteiger partial charge in [0.1, 0.15) is 0 Å². The van der Waals surface area contributed by atoms with E-state index in [1.54, 1.807) is 25.1 Å². The number of nitrogens with zero attached hydrogens (tertiary/aromatic N) is 1. The Kier molecular flexibility index (Phi) is 6.95. The summed E-state index contributed by atoms with van der Waals surface area (Å²) in [6, 6.07) is 9.00. The zero-order valence-electron chi connectivity index (χ0n) is 17.2. The average Bonchev–Trinajstić information content (AvgIpc) is 3.24. The number of sulfone groups is 1. The highest BCUT2D eigenvalue weighted by molar-refractivity contribution is 7.90. The van der Waals surface area contributed by atoms with Gasteiger partial charge in [0.05, 0.1) is 21.4 Å². The number of sulfonamides is 1. The summed E-state index contributed by atoms with van der Waals surface area (Å²) in [6.07, 6.45) is 2.81. The minimum absolute atomic E-state index is 0.0330. The van der Waals surface area contributed by atoms with Crippen molar-refractivity contribution in [3.05, 3.63) is 47.0 Å². The summed E-state index contributed by atoms with van der Waals surface area (Å²) in [5.74, 6) is -0.349. The zero-order chi connectivity index (χ0) is 22.8. The van der Waals surface area contributed by atoms with E-state index in [1.165, 1.54) is 22.5 Å². The predicted molar refractivity (Wildman–Crippen MR) is 121 cm³/mol. The van der Waals surface area contributed by atoms with Gasteiger partial charge >= 0.3 is 0 Å². The number of anilines is 2. The summed E-state index contributed by atoms with van der Waals surface area (Å²) in [5, 5.41) is 5.74. The lowest BCUT2D eigenvalue weighted by Gasteiger charge is -2.16. The fourth-order valence-electron chi connectivity index (χ4n) is 3.31. The van der Waals surface area contributed by atoms with Gasteiger partial charge < -0.3 is 10.6 Å². The number of rotatable bonds is 7. The highest BCUT2D eigenvalue weighted by Crippen LogP contribution is 2.30. The molecule has 0 aliphatic carbocycles. The van der Waals surface area contributed by atoms with Crippen molar-refractivity contribution < 1.29 is 21.6 Å². The second kappa shape index (κ2) is 9.15. The molecule has 1 aliphatic heterocycles. The van der Waals surface area contributed by atoms with E-state index >= 15 is 0 Å². The van der Waals surface area contributed by atoms with Gasteiger partial charge in [-0.15, -0.1) is 0 Å². The van der Waals surface area contributed by atoms with Crippen LogP contribution in [0.2, 0.25) is 5.02 Å². The quantitative estimate of drug-likeness (QED) is 0.623. The normalized spacial score (nSPS) is 15.1. The number of nitrogens with one attached hydrogen (secondary N) is 2. The van der Waals surface area contributed by atoms with E-state index in [2.05, 4.69) is 10.6 Å². The van der Waals surface area contributed by atoms with Crippen molar-refractivity contribution in [3.63, 3.8) is 0 Å². The van der Waals surface area contributed by atoms with Gasteiger partial charge in [-0.25, -0.2) is 16.8 Å². The summed E-state index contributed by atoms with van der Waals surface area (Å²) < 4.78 is 50.0. The van der Waals surface area contributed by atoms with Crippen LogP contribution in [0.3, 0.4) is 0 Å². The molecule has 0 atom stereocenters. The molecule has 31 heavy (non-hydrogen) atoms. The molecule has 1 fully saturated rings. The maximum Gasteiger partial charge on any atom is 0.243 e. The third-order valence-electron chi connectivity index (χ3n) is 5.03. The van der Waals surface area contributed by atoms with Crippen LogP contribution in [0.4, 0.5) is 11.4 Å². The number of carbonyl (C=O) groups excluding carboxylic acids is 1. The van der Waals surface area contributed by atoms with Crippen molar-refractivity contribution >= 4 is 48.7 Å². The fraction of sp³-hybridized carbons (Fsp3) is 0.350. The summed E-state index contributed by atoms with van der Waals surface area (Å²) in [4.78, 5) is 12.5. The third kappa shape index (κ3) is 5.38. The fourth-order valence-corrected chi connectivity index (χ4v) is 6.20. The first-order chi connectivity index (χ1) is 14.5. The Balaban J connectivity index is 1.62. The van der Waals surface area contributed by atoms with Gasteiger partial charge in [-0.1, -0.05) is 11.6 Å². The van der Waals surface area contributed by atoms with Crippen molar-refractivity contribution in [2.24, 2.45) is 0 Å². The molecule has 2 N–H and O–H groups in total. The van der Waals surface area contributed by atoms with Crippen molar-refractivity contribution in [1.29, 1.82) is 0 Å². The van der Waals surface area contributed by atoms with Gasteiger partial charge in [0.25, 0.3) is 0 Å². The van der Waals surface area contributed by atoms with E-state index < -0.39 is 19.9 Å².